The summed E-state index contributed by atoms with van der Waals surface area (Å²) >= 11 is 6.16. The van der Waals surface area contributed by atoms with Gasteiger partial charge in [0, 0.05) is 37.7 Å². The summed E-state index contributed by atoms with van der Waals surface area (Å²) in [7, 11) is 0. The number of carbonyl (C=O) groups is 1. The third-order valence-corrected chi connectivity index (χ3v) is 3.79. The maximum Gasteiger partial charge on any atom is 0.239 e. The Morgan fingerprint density at radius 2 is 1.95 bits per heavy atom. The summed E-state index contributed by atoms with van der Waals surface area (Å²) in [5.41, 5.74) is 6.76. The minimum atomic E-state index is -0.407. The molecule has 1 aromatic carbocycles. The van der Waals surface area contributed by atoms with E-state index in [0.29, 0.717) is 0 Å². The molecule has 0 saturated carbocycles. The van der Waals surface area contributed by atoms with E-state index in [-0.39, 0.29) is 5.91 Å². The van der Waals surface area contributed by atoms with Crippen LogP contribution >= 0.6 is 11.6 Å². The number of hydrogen-bond donors (Lipinski definition) is 1. The maximum atomic E-state index is 11.8. The molecule has 104 valence electrons. The van der Waals surface area contributed by atoms with E-state index < -0.39 is 6.04 Å². The van der Waals surface area contributed by atoms with E-state index in [9.17, 15) is 4.79 Å². The monoisotopic (exact) mass is 281 g/mol. The molecular weight excluding hydrogens is 262 g/mol. The Balaban J connectivity index is 1.87. The molecule has 5 heteroatoms. The maximum absolute atomic E-state index is 11.8. The predicted octanol–water partition coefficient (Wildman–Crippen LogP) is 1.33. The number of piperazine rings is 1. The van der Waals surface area contributed by atoms with E-state index in [1.165, 1.54) is 0 Å². The number of amides is 1. The van der Waals surface area contributed by atoms with Crippen molar-refractivity contribution in [2.45, 2.75) is 19.5 Å². The fourth-order valence-corrected chi connectivity index (χ4v) is 2.48. The Labute approximate surface area is 119 Å². The smallest absolute Gasteiger partial charge is 0.239 e. The average molecular weight is 282 g/mol. The average Bonchev–Trinajstić information content (AvgIpc) is 2.41. The van der Waals surface area contributed by atoms with Crippen LogP contribution in [-0.4, -0.2) is 47.9 Å². The van der Waals surface area contributed by atoms with Gasteiger partial charge >= 0.3 is 0 Å². The second-order valence-electron chi connectivity index (χ2n) is 4.98. The molecule has 0 bridgehead atoms. The van der Waals surface area contributed by atoms with Gasteiger partial charge in [0.2, 0.25) is 5.91 Å². The minimum absolute atomic E-state index is 0.0393. The number of nitrogens with two attached hydrogens (primary N) is 1. The van der Waals surface area contributed by atoms with Crippen LogP contribution in [0.3, 0.4) is 0 Å². The van der Waals surface area contributed by atoms with Crippen molar-refractivity contribution in [1.82, 2.24) is 9.80 Å². The van der Waals surface area contributed by atoms with Crippen LogP contribution in [0.2, 0.25) is 5.02 Å². The lowest BCUT2D eigenvalue weighted by atomic mass is 10.2. The van der Waals surface area contributed by atoms with Gasteiger partial charge in [0.05, 0.1) is 6.04 Å². The first kappa shape index (κ1) is 14.3. The molecule has 19 heavy (non-hydrogen) atoms. The lowest BCUT2D eigenvalue weighted by Crippen LogP contribution is -2.52. The quantitative estimate of drug-likeness (QED) is 0.909. The van der Waals surface area contributed by atoms with Gasteiger partial charge < -0.3 is 10.6 Å². The SMILES string of the molecule is C[C@H](N)C(=O)N1CCN(Cc2ccccc2Cl)CC1. The van der Waals surface area contributed by atoms with Crippen molar-refractivity contribution in [3.8, 4) is 0 Å². The lowest BCUT2D eigenvalue weighted by Gasteiger charge is -2.35. The number of benzene rings is 1. The van der Waals surface area contributed by atoms with Crippen LogP contribution in [0.25, 0.3) is 0 Å². The van der Waals surface area contributed by atoms with E-state index in [1.807, 2.05) is 29.2 Å². The molecule has 1 atom stereocenters. The van der Waals surface area contributed by atoms with E-state index in [4.69, 9.17) is 17.3 Å². The molecule has 2 N–H and O–H groups in total. The van der Waals surface area contributed by atoms with Crippen LogP contribution in [0.1, 0.15) is 12.5 Å². The number of nitrogens with zero attached hydrogens (tertiary/aromatic N) is 2. The highest BCUT2D eigenvalue weighted by molar-refractivity contribution is 6.31. The van der Waals surface area contributed by atoms with E-state index in [2.05, 4.69) is 4.90 Å². The predicted molar refractivity (Wildman–Crippen MR) is 77.0 cm³/mol. The third-order valence-electron chi connectivity index (χ3n) is 3.43. The van der Waals surface area contributed by atoms with Crippen molar-refractivity contribution in [3.63, 3.8) is 0 Å². The summed E-state index contributed by atoms with van der Waals surface area (Å²) in [6.45, 7) is 5.78. The molecule has 0 spiro atoms. The number of rotatable bonds is 3. The first-order chi connectivity index (χ1) is 9.08. The Kier molecular flexibility index (Phi) is 4.80. The fraction of sp³-hybridized carbons (Fsp3) is 0.500. The normalized spacial score (nSPS) is 18.4. The zero-order valence-electron chi connectivity index (χ0n) is 11.2. The fourth-order valence-electron chi connectivity index (χ4n) is 2.28. The Morgan fingerprint density at radius 3 is 2.53 bits per heavy atom. The third kappa shape index (κ3) is 3.69. The highest BCUT2D eigenvalue weighted by Crippen LogP contribution is 2.17. The van der Waals surface area contributed by atoms with E-state index >= 15 is 0 Å². The Bertz CT molecular complexity index is 442. The zero-order chi connectivity index (χ0) is 13.8. The first-order valence-corrected chi connectivity index (χ1v) is 6.96. The number of hydrogen-bond acceptors (Lipinski definition) is 3. The lowest BCUT2D eigenvalue weighted by molar-refractivity contribution is -0.134. The molecule has 1 aromatic rings. The molecule has 4 nitrogen and oxygen atoms in total. The van der Waals surface area contributed by atoms with Crippen molar-refractivity contribution in [3.05, 3.63) is 34.9 Å². The van der Waals surface area contributed by atoms with Crippen molar-refractivity contribution in [2.24, 2.45) is 5.73 Å². The molecule has 0 aromatic heterocycles. The summed E-state index contributed by atoms with van der Waals surface area (Å²) < 4.78 is 0. The number of carbonyl (C=O) groups excluding carboxylic acids is 1. The largest absolute Gasteiger partial charge is 0.339 e. The summed E-state index contributed by atoms with van der Waals surface area (Å²) in [4.78, 5) is 15.9. The summed E-state index contributed by atoms with van der Waals surface area (Å²) in [5, 5.41) is 0.802. The first-order valence-electron chi connectivity index (χ1n) is 6.58. The molecule has 1 aliphatic rings. The van der Waals surface area contributed by atoms with Gasteiger partial charge in [-0.15, -0.1) is 0 Å². The van der Waals surface area contributed by atoms with Crippen molar-refractivity contribution in [1.29, 1.82) is 0 Å². The van der Waals surface area contributed by atoms with Crippen molar-refractivity contribution >= 4 is 17.5 Å². The molecule has 1 heterocycles. The second kappa shape index (κ2) is 6.37. The zero-order valence-corrected chi connectivity index (χ0v) is 11.9. The summed E-state index contributed by atoms with van der Waals surface area (Å²) in [6.07, 6.45) is 0. The molecule has 0 aliphatic carbocycles. The van der Waals surface area contributed by atoms with Gasteiger partial charge in [0.15, 0.2) is 0 Å². The molecule has 1 aliphatic heterocycles. The topological polar surface area (TPSA) is 49.6 Å². The summed E-state index contributed by atoms with van der Waals surface area (Å²) in [5.74, 6) is 0.0393. The summed E-state index contributed by atoms with van der Waals surface area (Å²) in [6, 6.07) is 7.48. The van der Waals surface area contributed by atoms with Crippen LogP contribution in [0, 0.1) is 0 Å². The van der Waals surface area contributed by atoms with E-state index in [1.54, 1.807) is 6.92 Å². The molecule has 0 radical (unpaired) electrons. The molecule has 1 amide bonds. The molecule has 0 unspecified atom stereocenters. The minimum Gasteiger partial charge on any atom is -0.339 e. The van der Waals surface area contributed by atoms with Gasteiger partial charge in [-0.25, -0.2) is 0 Å². The van der Waals surface area contributed by atoms with E-state index in [0.717, 1.165) is 43.3 Å². The van der Waals surface area contributed by atoms with Crippen LogP contribution in [0.4, 0.5) is 0 Å². The molecular formula is C14H20ClN3O. The standard InChI is InChI=1S/C14H20ClN3O/c1-11(16)14(19)18-8-6-17(7-9-18)10-12-4-2-3-5-13(12)15/h2-5,11H,6-10,16H2,1H3/t11-/m0/s1. The van der Waals surface area contributed by atoms with Crippen LogP contribution in [-0.2, 0) is 11.3 Å². The highest BCUT2D eigenvalue weighted by atomic mass is 35.5. The molecule has 2 rings (SSSR count). The van der Waals surface area contributed by atoms with Gasteiger partial charge in [0.25, 0.3) is 0 Å². The van der Waals surface area contributed by atoms with Gasteiger partial charge in [0.1, 0.15) is 0 Å². The number of halogens is 1. The van der Waals surface area contributed by atoms with Crippen LogP contribution in [0.15, 0.2) is 24.3 Å². The van der Waals surface area contributed by atoms with Gasteiger partial charge in [-0.2, -0.15) is 0 Å². The Morgan fingerprint density at radius 1 is 1.32 bits per heavy atom. The van der Waals surface area contributed by atoms with Crippen molar-refractivity contribution in [2.75, 3.05) is 26.2 Å². The Hall–Kier alpha value is -1.10. The van der Waals surface area contributed by atoms with Crippen LogP contribution < -0.4 is 5.73 Å². The highest BCUT2D eigenvalue weighted by Gasteiger charge is 2.23. The van der Waals surface area contributed by atoms with Gasteiger partial charge in [-0.05, 0) is 18.6 Å². The van der Waals surface area contributed by atoms with Gasteiger partial charge in [-0.1, -0.05) is 29.8 Å². The molecule has 1 saturated heterocycles. The van der Waals surface area contributed by atoms with Crippen molar-refractivity contribution < 1.29 is 4.79 Å². The molecule has 1 fully saturated rings. The van der Waals surface area contributed by atoms with Gasteiger partial charge in [-0.3, -0.25) is 9.69 Å². The second-order valence-corrected chi connectivity index (χ2v) is 5.39. The van der Waals surface area contributed by atoms with Crippen LogP contribution in [0.5, 0.6) is 0 Å².